The molecule has 1 saturated carbocycles. The Bertz CT molecular complexity index is 1030. The molecular weight excluding hydrogens is 354 g/mol. The lowest BCUT2D eigenvalue weighted by Gasteiger charge is -2.43. The van der Waals surface area contributed by atoms with Gasteiger partial charge in [-0.2, -0.15) is 0 Å². The number of hydrogen-bond donors (Lipinski definition) is 0. The second-order valence-electron chi connectivity index (χ2n) is 7.99. The van der Waals surface area contributed by atoms with Crippen LogP contribution in [0, 0.1) is 6.92 Å². The quantitative estimate of drug-likeness (QED) is 0.673. The Hall–Kier alpha value is -1.98. The second kappa shape index (κ2) is 6.88. The smallest absolute Gasteiger partial charge is 0.257 e. The van der Waals surface area contributed by atoms with Crippen molar-refractivity contribution >= 4 is 21.6 Å². The van der Waals surface area contributed by atoms with Gasteiger partial charge in [0, 0.05) is 23.7 Å². The number of piperidine rings is 1. The fraction of sp³-hybridized carbons (Fsp3) is 0.455. The number of benzene rings is 1. The molecule has 4 nitrogen and oxygen atoms in total. The van der Waals surface area contributed by atoms with Crippen LogP contribution in [-0.4, -0.2) is 33.6 Å². The fourth-order valence-corrected chi connectivity index (χ4v) is 5.56. The highest BCUT2D eigenvalue weighted by Gasteiger charge is 2.36. The van der Waals surface area contributed by atoms with E-state index in [1.807, 2.05) is 31.3 Å². The van der Waals surface area contributed by atoms with Crippen LogP contribution in [0.5, 0.6) is 0 Å². The molecule has 0 amide bonds. The molecule has 140 valence electrons. The molecule has 1 aromatic carbocycles. The zero-order valence-electron chi connectivity index (χ0n) is 15.7. The first-order chi connectivity index (χ1) is 13.2. The normalized spacial score (nSPS) is 23.4. The van der Waals surface area contributed by atoms with Crippen LogP contribution >= 0.6 is 11.3 Å². The van der Waals surface area contributed by atoms with Crippen molar-refractivity contribution in [3.8, 4) is 5.69 Å². The van der Waals surface area contributed by atoms with Crippen molar-refractivity contribution in [3.05, 3.63) is 57.5 Å². The van der Waals surface area contributed by atoms with Crippen LogP contribution < -0.4 is 5.56 Å². The summed E-state index contributed by atoms with van der Waals surface area (Å²) in [5, 5.41) is 1.27. The summed E-state index contributed by atoms with van der Waals surface area (Å²) >= 11 is 1.80. The molecule has 0 spiro atoms. The molecule has 0 unspecified atom stereocenters. The predicted molar refractivity (Wildman–Crippen MR) is 111 cm³/mol. The summed E-state index contributed by atoms with van der Waals surface area (Å²) in [6.07, 6.45) is 8.48. The SMILES string of the molecule is Cc1cccn(-c2ccc3nc([C@H]4C[C@H](N5CCCCC5)C4)sc3c2)c1=O. The molecule has 27 heavy (non-hydrogen) atoms. The van der Waals surface area contributed by atoms with Crippen molar-refractivity contribution in [1.29, 1.82) is 0 Å². The van der Waals surface area contributed by atoms with Gasteiger partial charge < -0.3 is 4.90 Å². The van der Waals surface area contributed by atoms with Crippen LogP contribution in [-0.2, 0) is 0 Å². The van der Waals surface area contributed by atoms with Crippen molar-refractivity contribution in [3.63, 3.8) is 0 Å². The molecule has 0 N–H and O–H groups in total. The van der Waals surface area contributed by atoms with Gasteiger partial charge in [-0.3, -0.25) is 9.36 Å². The maximum absolute atomic E-state index is 12.4. The number of likely N-dealkylation sites (tertiary alicyclic amines) is 1. The molecule has 3 heterocycles. The van der Waals surface area contributed by atoms with Gasteiger partial charge in [0.1, 0.15) is 0 Å². The van der Waals surface area contributed by atoms with Crippen LogP contribution in [0.4, 0.5) is 0 Å². The monoisotopic (exact) mass is 379 g/mol. The highest BCUT2D eigenvalue weighted by atomic mass is 32.1. The minimum Gasteiger partial charge on any atom is -0.300 e. The van der Waals surface area contributed by atoms with Gasteiger partial charge >= 0.3 is 0 Å². The molecule has 3 aromatic rings. The van der Waals surface area contributed by atoms with Gasteiger partial charge in [-0.15, -0.1) is 11.3 Å². The molecule has 5 rings (SSSR count). The van der Waals surface area contributed by atoms with Gasteiger partial charge in [-0.1, -0.05) is 12.5 Å². The van der Waals surface area contributed by atoms with E-state index in [1.165, 1.54) is 54.9 Å². The van der Waals surface area contributed by atoms with E-state index in [2.05, 4.69) is 17.0 Å². The van der Waals surface area contributed by atoms with E-state index in [0.29, 0.717) is 5.92 Å². The average molecular weight is 380 g/mol. The van der Waals surface area contributed by atoms with Gasteiger partial charge in [0.2, 0.25) is 0 Å². The summed E-state index contributed by atoms with van der Waals surface area (Å²) < 4.78 is 2.90. The molecule has 0 radical (unpaired) electrons. The van der Waals surface area contributed by atoms with Crippen LogP contribution in [0.2, 0.25) is 0 Å². The third-order valence-corrected chi connectivity index (χ3v) is 7.35. The van der Waals surface area contributed by atoms with Crippen molar-refractivity contribution in [2.75, 3.05) is 13.1 Å². The lowest BCUT2D eigenvalue weighted by atomic mass is 9.79. The van der Waals surface area contributed by atoms with E-state index < -0.39 is 0 Å². The fourth-order valence-electron chi connectivity index (χ4n) is 4.43. The highest BCUT2D eigenvalue weighted by molar-refractivity contribution is 7.18. The summed E-state index contributed by atoms with van der Waals surface area (Å²) in [5.41, 5.74) is 2.79. The van der Waals surface area contributed by atoms with Crippen molar-refractivity contribution in [2.45, 2.75) is 51.0 Å². The first-order valence-electron chi connectivity index (χ1n) is 10.0. The third-order valence-electron chi connectivity index (χ3n) is 6.17. The van der Waals surface area contributed by atoms with E-state index in [-0.39, 0.29) is 5.56 Å². The summed E-state index contributed by atoms with van der Waals surface area (Å²) in [6.45, 7) is 4.43. The number of fused-ring (bicyclic) bond motifs is 1. The molecule has 5 heteroatoms. The maximum atomic E-state index is 12.4. The first-order valence-corrected chi connectivity index (χ1v) is 10.8. The average Bonchev–Trinajstić information content (AvgIpc) is 3.06. The first kappa shape index (κ1) is 17.1. The lowest BCUT2D eigenvalue weighted by Crippen LogP contribution is -2.46. The molecule has 2 aromatic heterocycles. The largest absolute Gasteiger partial charge is 0.300 e. The summed E-state index contributed by atoms with van der Waals surface area (Å²) in [7, 11) is 0. The number of nitrogens with zero attached hydrogens (tertiary/aromatic N) is 3. The Morgan fingerprint density at radius 1 is 1.11 bits per heavy atom. The second-order valence-corrected chi connectivity index (χ2v) is 9.05. The molecule has 0 bridgehead atoms. The summed E-state index contributed by atoms with van der Waals surface area (Å²) in [5.74, 6) is 0.611. The molecule has 2 aliphatic rings. The van der Waals surface area contributed by atoms with Gasteiger partial charge in [0.15, 0.2) is 0 Å². The number of rotatable bonds is 3. The van der Waals surface area contributed by atoms with Crippen LogP contribution in [0.1, 0.15) is 48.6 Å². The minimum absolute atomic E-state index is 0.0463. The van der Waals surface area contributed by atoms with Crippen molar-refractivity contribution in [1.82, 2.24) is 14.5 Å². The number of pyridine rings is 1. The molecule has 2 fully saturated rings. The molecule has 1 saturated heterocycles. The standard InChI is InChI=1S/C22H25N3OS/c1-15-6-5-11-25(22(15)26)17-7-8-19-20(14-17)27-21(23-19)16-12-18(13-16)24-9-3-2-4-10-24/h5-8,11,14,16,18H,2-4,9-10,12-13H2,1H3/t16-,18-. The molecule has 0 atom stereocenters. The van der Waals surface area contributed by atoms with Gasteiger partial charge in [0.25, 0.3) is 5.56 Å². The number of aromatic nitrogens is 2. The Labute approximate surface area is 163 Å². The Morgan fingerprint density at radius 2 is 1.93 bits per heavy atom. The van der Waals surface area contributed by atoms with Gasteiger partial charge in [0.05, 0.1) is 20.9 Å². The van der Waals surface area contributed by atoms with Crippen LogP contribution in [0.3, 0.4) is 0 Å². The number of hydrogen-bond acceptors (Lipinski definition) is 4. The van der Waals surface area contributed by atoms with Crippen LogP contribution in [0.15, 0.2) is 41.3 Å². The van der Waals surface area contributed by atoms with Crippen LogP contribution in [0.25, 0.3) is 15.9 Å². The van der Waals surface area contributed by atoms with Gasteiger partial charge in [-0.25, -0.2) is 4.98 Å². The van der Waals surface area contributed by atoms with E-state index in [0.717, 1.165) is 22.8 Å². The van der Waals surface area contributed by atoms with Gasteiger partial charge in [-0.05, 0) is 70.0 Å². The molecule has 1 aliphatic heterocycles. The van der Waals surface area contributed by atoms with E-state index in [9.17, 15) is 4.79 Å². The maximum Gasteiger partial charge on any atom is 0.257 e. The summed E-state index contributed by atoms with van der Waals surface area (Å²) in [4.78, 5) is 20.0. The lowest BCUT2D eigenvalue weighted by molar-refractivity contribution is 0.0888. The molecular formula is C22H25N3OS. The Morgan fingerprint density at radius 3 is 2.74 bits per heavy atom. The topological polar surface area (TPSA) is 38.1 Å². The third kappa shape index (κ3) is 3.13. The zero-order chi connectivity index (χ0) is 18.4. The van der Waals surface area contributed by atoms with Crippen molar-refractivity contribution in [2.24, 2.45) is 0 Å². The Balaban J connectivity index is 1.37. The van der Waals surface area contributed by atoms with Crippen molar-refractivity contribution < 1.29 is 0 Å². The van der Waals surface area contributed by atoms with E-state index in [1.54, 1.807) is 15.9 Å². The summed E-state index contributed by atoms with van der Waals surface area (Å²) in [6, 6.07) is 10.7. The zero-order valence-corrected chi connectivity index (χ0v) is 16.5. The van der Waals surface area contributed by atoms with E-state index >= 15 is 0 Å². The minimum atomic E-state index is 0.0463. The number of thiazole rings is 1. The number of aryl methyl sites for hydroxylation is 1. The highest BCUT2D eigenvalue weighted by Crippen LogP contribution is 2.43. The Kier molecular flexibility index (Phi) is 4.37. The molecule has 1 aliphatic carbocycles. The van der Waals surface area contributed by atoms with E-state index in [4.69, 9.17) is 4.98 Å². The predicted octanol–water partition coefficient (Wildman–Crippen LogP) is 4.49.